The minimum absolute atomic E-state index is 0.423. The van der Waals surface area contributed by atoms with Crippen LogP contribution in [0.2, 0.25) is 0 Å². The number of carbonyl (C=O) groups is 2. The Hall–Kier alpha value is -0.670. The minimum Gasteiger partial charge on any atom is -0.467 e. The van der Waals surface area contributed by atoms with Crippen LogP contribution in [0.25, 0.3) is 0 Å². The summed E-state index contributed by atoms with van der Waals surface area (Å²) in [7, 11) is 1.19. The molecular formula is C11H11BrINO4. The van der Waals surface area contributed by atoms with Gasteiger partial charge in [-0.05, 0) is 40.8 Å². The molecule has 2 N–H and O–H groups in total. The van der Waals surface area contributed by atoms with Gasteiger partial charge in [0.05, 0.1) is 19.3 Å². The van der Waals surface area contributed by atoms with E-state index in [1.165, 1.54) is 7.11 Å². The number of ether oxygens (including phenoxy) is 1. The summed E-state index contributed by atoms with van der Waals surface area (Å²) >= 11 is 5.28. The van der Waals surface area contributed by atoms with Crippen LogP contribution < -0.4 is 5.32 Å². The fourth-order valence-electron chi connectivity index (χ4n) is 1.23. The predicted molar refractivity (Wildman–Crippen MR) is 77.2 cm³/mol. The van der Waals surface area contributed by atoms with E-state index in [1.54, 1.807) is 12.1 Å². The van der Waals surface area contributed by atoms with Crippen LogP contribution in [0.1, 0.15) is 10.4 Å². The van der Waals surface area contributed by atoms with Gasteiger partial charge >= 0.3 is 5.97 Å². The van der Waals surface area contributed by atoms with Crippen LogP contribution in [0, 0.1) is 3.57 Å². The second-order valence-corrected chi connectivity index (χ2v) is 5.43. The number of carbonyl (C=O) groups excluding carboxylic acids is 2. The van der Waals surface area contributed by atoms with Gasteiger partial charge in [-0.1, -0.05) is 15.9 Å². The Morgan fingerprint density at radius 3 is 2.78 bits per heavy atom. The van der Waals surface area contributed by atoms with Crippen molar-refractivity contribution in [1.82, 2.24) is 5.32 Å². The number of amides is 1. The zero-order chi connectivity index (χ0) is 13.7. The summed E-state index contributed by atoms with van der Waals surface area (Å²) in [6.45, 7) is -0.511. The Labute approximate surface area is 126 Å². The highest BCUT2D eigenvalue weighted by Crippen LogP contribution is 2.18. The molecule has 0 bridgehead atoms. The number of aliphatic hydroxyl groups is 1. The molecule has 0 saturated heterocycles. The third-order valence-corrected chi connectivity index (χ3v) is 3.58. The van der Waals surface area contributed by atoms with E-state index in [2.05, 4.69) is 26.0 Å². The topological polar surface area (TPSA) is 75.6 Å². The molecule has 1 amide bonds. The maximum absolute atomic E-state index is 12.0. The van der Waals surface area contributed by atoms with Crippen molar-refractivity contribution < 1.29 is 19.4 Å². The van der Waals surface area contributed by atoms with Crippen LogP contribution in [0.4, 0.5) is 0 Å². The maximum Gasteiger partial charge on any atom is 0.330 e. The minimum atomic E-state index is -1.06. The van der Waals surface area contributed by atoms with Crippen molar-refractivity contribution in [3.05, 3.63) is 31.8 Å². The smallest absolute Gasteiger partial charge is 0.330 e. The lowest BCUT2D eigenvalue weighted by Gasteiger charge is -2.14. The zero-order valence-corrected chi connectivity index (χ0v) is 13.2. The van der Waals surface area contributed by atoms with Gasteiger partial charge in [0.25, 0.3) is 5.91 Å². The van der Waals surface area contributed by atoms with Crippen LogP contribution in [-0.2, 0) is 9.53 Å². The van der Waals surface area contributed by atoms with Crippen molar-refractivity contribution in [2.45, 2.75) is 6.04 Å². The highest BCUT2D eigenvalue weighted by Gasteiger charge is 2.22. The number of esters is 1. The molecule has 5 nitrogen and oxygen atoms in total. The highest BCUT2D eigenvalue weighted by molar-refractivity contribution is 14.1. The van der Waals surface area contributed by atoms with E-state index < -0.39 is 24.5 Å². The first-order valence-electron chi connectivity index (χ1n) is 4.94. The molecule has 0 heterocycles. The number of halogens is 2. The van der Waals surface area contributed by atoms with Crippen molar-refractivity contribution in [3.63, 3.8) is 0 Å². The second kappa shape index (κ2) is 7.05. The van der Waals surface area contributed by atoms with Crippen LogP contribution in [0.5, 0.6) is 0 Å². The van der Waals surface area contributed by atoms with Crippen LogP contribution >= 0.6 is 38.5 Å². The number of aliphatic hydroxyl groups excluding tert-OH is 1. The summed E-state index contributed by atoms with van der Waals surface area (Å²) in [5, 5.41) is 11.4. The molecule has 1 atom stereocenters. The Morgan fingerprint density at radius 2 is 2.22 bits per heavy atom. The Balaban J connectivity index is 2.87. The van der Waals surface area contributed by atoms with Crippen LogP contribution in [0.3, 0.4) is 0 Å². The molecule has 0 aliphatic heterocycles. The average molecular weight is 428 g/mol. The molecule has 1 aromatic rings. The number of hydrogen-bond donors (Lipinski definition) is 2. The van der Waals surface area contributed by atoms with Gasteiger partial charge in [0.15, 0.2) is 6.04 Å². The van der Waals surface area contributed by atoms with Crippen LogP contribution in [0.15, 0.2) is 22.7 Å². The van der Waals surface area contributed by atoms with E-state index >= 15 is 0 Å². The largest absolute Gasteiger partial charge is 0.467 e. The van der Waals surface area contributed by atoms with E-state index in [4.69, 9.17) is 5.11 Å². The highest BCUT2D eigenvalue weighted by atomic mass is 127. The van der Waals surface area contributed by atoms with Gasteiger partial charge in [-0.2, -0.15) is 0 Å². The van der Waals surface area contributed by atoms with Gasteiger partial charge in [0, 0.05) is 8.04 Å². The Kier molecular flexibility index (Phi) is 6.03. The summed E-state index contributed by atoms with van der Waals surface area (Å²) in [5.41, 5.74) is 0.423. The summed E-state index contributed by atoms with van der Waals surface area (Å²) in [6.07, 6.45) is 0. The molecule has 1 unspecified atom stereocenters. The third-order valence-electron chi connectivity index (χ3n) is 2.15. The fourth-order valence-corrected chi connectivity index (χ4v) is 2.17. The molecule has 7 heteroatoms. The molecule has 0 aliphatic carbocycles. The molecule has 0 spiro atoms. The van der Waals surface area contributed by atoms with Gasteiger partial charge in [0.2, 0.25) is 0 Å². The Morgan fingerprint density at radius 1 is 1.56 bits per heavy atom. The standard InChI is InChI=1S/C11H11BrINO4/c1-18-11(17)9(5-15)14-10(16)7-4-6(12)2-3-8(7)13/h2-4,9,15H,5H2,1H3,(H,14,16). The van der Waals surface area contributed by atoms with E-state index in [9.17, 15) is 9.59 Å². The number of methoxy groups -OCH3 is 1. The van der Waals surface area contributed by atoms with Gasteiger partial charge in [0.1, 0.15) is 0 Å². The van der Waals surface area contributed by atoms with Crippen molar-refractivity contribution in [1.29, 1.82) is 0 Å². The van der Waals surface area contributed by atoms with E-state index in [0.717, 1.165) is 8.04 Å². The summed E-state index contributed by atoms with van der Waals surface area (Å²) in [6, 6.07) is 4.16. The molecular weight excluding hydrogens is 417 g/mol. The SMILES string of the molecule is COC(=O)C(CO)NC(=O)c1cc(Br)ccc1I. The van der Waals surface area contributed by atoms with Crippen molar-refractivity contribution >= 4 is 50.4 Å². The molecule has 0 fully saturated rings. The van der Waals surface area contributed by atoms with Gasteiger partial charge in [-0.15, -0.1) is 0 Å². The number of rotatable bonds is 4. The normalized spacial score (nSPS) is 11.8. The van der Waals surface area contributed by atoms with E-state index in [1.807, 2.05) is 28.7 Å². The lowest BCUT2D eigenvalue weighted by molar-refractivity contribution is -0.143. The third kappa shape index (κ3) is 3.92. The molecule has 0 aliphatic rings. The summed E-state index contributed by atoms with van der Waals surface area (Å²) in [4.78, 5) is 23.2. The van der Waals surface area contributed by atoms with Gasteiger partial charge < -0.3 is 15.2 Å². The monoisotopic (exact) mass is 427 g/mol. The van der Waals surface area contributed by atoms with E-state index in [-0.39, 0.29) is 0 Å². The Bertz CT molecular complexity index is 466. The maximum atomic E-state index is 12.0. The van der Waals surface area contributed by atoms with Crippen LogP contribution in [-0.4, -0.2) is 36.7 Å². The molecule has 18 heavy (non-hydrogen) atoms. The molecule has 0 radical (unpaired) electrons. The van der Waals surface area contributed by atoms with Crippen molar-refractivity contribution in [3.8, 4) is 0 Å². The van der Waals surface area contributed by atoms with Gasteiger partial charge in [-0.25, -0.2) is 4.79 Å². The number of hydrogen-bond acceptors (Lipinski definition) is 4. The first-order valence-corrected chi connectivity index (χ1v) is 6.81. The molecule has 1 rings (SSSR count). The summed E-state index contributed by atoms with van der Waals surface area (Å²) < 4.78 is 5.97. The predicted octanol–water partition coefficient (Wildman–Crippen LogP) is 1.32. The molecule has 98 valence electrons. The fraction of sp³-hybridized carbons (Fsp3) is 0.273. The van der Waals surface area contributed by atoms with Gasteiger partial charge in [-0.3, -0.25) is 4.79 Å². The first-order chi connectivity index (χ1) is 8.49. The molecule has 0 saturated carbocycles. The van der Waals surface area contributed by atoms with Crippen molar-refractivity contribution in [2.24, 2.45) is 0 Å². The molecule has 0 aromatic heterocycles. The first kappa shape index (κ1) is 15.4. The number of nitrogens with one attached hydrogen (secondary N) is 1. The summed E-state index contributed by atoms with van der Waals surface area (Å²) in [5.74, 6) is -1.12. The van der Waals surface area contributed by atoms with Crippen molar-refractivity contribution in [2.75, 3.05) is 13.7 Å². The quantitative estimate of drug-likeness (QED) is 0.561. The zero-order valence-electron chi connectivity index (χ0n) is 9.44. The lowest BCUT2D eigenvalue weighted by atomic mass is 10.2. The molecule has 1 aromatic carbocycles. The second-order valence-electron chi connectivity index (χ2n) is 3.36. The lowest BCUT2D eigenvalue weighted by Crippen LogP contribution is -2.44. The average Bonchev–Trinajstić information content (AvgIpc) is 2.37. The number of benzene rings is 1. The van der Waals surface area contributed by atoms with E-state index in [0.29, 0.717) is 5.56 Å².